The quantitative estimate of drug-likeness (QED) is 0.742. The van der Waals surface area contributed by atoms with Gasteiger partial charge in [-0.3, -0.25) is 4.79 Å². The standard InChI is InChI=1S/C13H21NO2/c1-4-9-14(10-5-2)13(15)12-8-7-11(6-3)16-12/h7-8H,4-6,9-10H2,1-3H3. The van der Waals surface area contributed by atoms with Gasteiger partial charge < -0.3 is 9.32 Å². The Balaban J connectivity index is 2.72. The average Bonchev–Trinajstić information content (AvgIpc) is 2.76. The van der Waals surface area contributed by atoms with Crippen LogP contribution in [0.25, 0.3) is 0 Å². The van der Waals surface area contributed by atoms with Crippen molar-refractivity contribution in [1.29, 1.82) is 0 Å². The first-order valence-corrected chi connectivity index (χ1v) is 6.10. The van der Waals surface area contributed by atoms with Crippen molar-refractivity contribution in [2.45, 2.75) is 40.0 Å². The van der Waals surface area contributed by atoms with Crippen molar-refractivity contribution in [1.82, 2.24) is 4.90 Å². The Morgan fingerprint density at radius 1 is 1.19 bits per heavy atom. The fraction of sp³-hybridized carbons (Fsp3) is 0.615. The number of rotatable bonds is 6. The van der Waals surface area contributed by atoms with E-state index in [2.05, 4.69) is 13.8 Å². The first kappa shape index (κ1) is 12.8. The zero-order chi connectivity index (χ0) is 12.0. The summed E-state index contributed by atoms with van der Waals surface area (Å²) in [5.41, 5.74) is 0. The molecule has 1 amide bonds. The van der Waals surface area contributed by atoms with Gasteiger partial charge in [-0.05, 0) is 25.0 Å². The molecule has 0 spiro atoms. The second-order valence-corrected chi connectivity index (χ2v) is 3.91. The first-order chi connectivity index (χ1) is 7.72. The third-order valence-electron chi connectivity index (χ3n) is 2.50. The second-order valence-electron chi connectivity index (χ2n) is 3.91. The molecule has 0 saturated carbocycles. The number of carbonyl (C=O) groups is 1. The normalized spacial score (nSPS) is 10.4. The molecular formula is C13H21NO2. The van der Waals surface area contributed by atoms with E-state index < -0.39 is 0 Å². The molecule has 0 unspecified atom stereocenters. The molecule has 1 aromatic rings. The summed E-state index contributed by atoms with van der Waals surface area (Å²) in [6.07, 6.45) is 2.79. The van der Waals surface area contributed by atoms with Crippen molar-refractivity contribution in [3.63, 3.8) is 0 Å². The SMILES string of the molecule is CCCN(CCC)C(=O)c1ccc(CC)o1. The summed E-state index contributed by atoms with van der Waals surface area (Å²) in [4.78, 5) is 13.9. The Morgan fingerprint density at radius 3 is 2.25 bits per heavy atom. The van der Waals surface area contributed by atoms with Gasteiger partial charge in [-0.2, -0.15) is 0 Å². The van der Waals surface area contributed by atoms with Crippen molar-refractivity contribution in [2.24, 2.45) is 0 Å². The molecule has 0 N–H and O–H groups in total. The average molecular weight is 223 g/mol. The predicted octanol–water partition coefficient (Wildman–Crippen LogP) is 3.10. The topological polar surface area (TPSA) is 33.5 Å². The molecule has 16 heavy (non-hydrogen) atoms. The first-order valence-electron chi connectivity index (χ1n) is 6.10. The van der Waals surface area contributed by atoms with Gasteiger partial charge in [-0.1, -0.05) is 20.8 Å². The highest BCUT2D eigenvalue weighted by atomic mass is 16.4. The van der Waals surface area contributed by atoms with Crippen molar-refractivity contribution < 1.29 is 9.21 Å². The monoisotopic (exact) mass is 223 g/mol. The van der Waals surface area contributed by atoms with Crippen molar-refractivity contribution in [3.05, 3.63) is 23.7 Å². The summed E-state index contributed by atoms with van der Waals surface area (Å²) in [5.74, 6) is 1.36. The van der Waals surface area contributed by atoms with Gasteiger partial charge in [0.15, 0.2) is 5.76 Å². The van der Waals surface area contributed by atoms with Gasteiger partial charge in [0.05, 0.1) is 0 Å². The Labute approximate surface area is 97.4 Å². The highest BCUT2D eigenvalue weighted by Gasteiger charge is 2.17. The van der Waals surface area contributed by atoms with Crippen LogP contribution in [-0.4, -0.2) is 23.9 Å². The minimum absolute atomic E-state index is 0.0170. The molecule has 90 valence electrons. The molecule has 0 aromatic carbocycles. The summed E-state index contributed by atoms with van der Waals surface area (Å²) in [6, 6.07) is 3.66. The Bertz CT molecular complexity index is 324. The van der Waals surface area contributed by atoms with E-state index in [1.807, 2.05) is 17.9 Å². The number of carbonyl (C=O) groups excluding carboxylic acids is 1. The maximum atomic E-state index is 12.1. The summed E-state index contributed by atoms with van der Waals surface area (Å²) in [5, 5.41) is 0. The van der Waals surface area contributed by atoms with Crippen LogP contribution in [0.1, 0.15) is 49.9 Å². The number of hydrogen-bond acceptors (Lipinski definition) is 2. The largest absolute Gasteiger partial charge is 0.456 e. The van der Waals surface area contributed by atoms with Crippen LogP contribution < -0.4 is 0 Å². The number of hydrogen-bond donors (Lipinski definition) is 0. The highest BCUT2D eigenvalue weighted by molar-refractivity contribution is 5.91. The molecule has 3 heteroatoms. The zero-order valence-electron chi connectivity index (χ0n) is 10.5. The fourth-order valence-electron chi connectivity index (χ4n) is 1.69. The molecule has 0 atom stereocenters. The molecule has 0 aliphatic rings. The van der Waals surface area contributed by atoms with Crippen molar-refractivity contribution in [3.8, 4) is 0 Å². The van der Waals surface area contributed by atoms with Gasteiger partial charge in [0.1, 0.15) is 5.76 Å². The van der Waals surface area contributed by atoms with Gasteiger partial charge in [-0.25, -0.2) is 0 Å². The van der Waals surface area contributed by atoms with E-state index in [0.717, 1.165) is 38.1 Å². The molecule has 0 aliphatic heterocycles. The smallest absolute Gasteiger partial charge is 0.289 e. The molecule has 1 rings (SSSR count). The lowest BCUT2D eigenvalue weighted by molar-refractivity contribution is 0.0722. The molecule has 0 aliphatic carbocycles. The van der Waals surface area contributed by atoms with E-state index in [-0.39, 0.29) is 5.91 Å². The van der Waals surface area contributed by atoms with Crippen LogP contribution in [0.2, 0.25) is 0 Å². The molecule has 0 bridgehead atoms. The Hall–Kier alpha value is -1.25. The van der Waals surface area contributed by atoms with Crippen LogP contribution in [0.5, 0.6) is 0 Å². The molecule has 1 heterocycles. The minimum Gasteiger partial charge on any atom is -0.456 e. The van der Waals surface area contributed by atoms with Crippen LogP contribution in [0.15, 0.2) is 16.5 Å². The van der Waals surface area contributed by atoms with Crippen LogP contribution in [0.3, 0.4) is 0 Å². The maximum Gasteiger partial charge on any atom is 0.289 e. The fourth-order valence-corrected chi connectivity index (χ4v) is 1.69. The lowest BCUT2D eigenvalue weighted by Gasteiger charge is -2.19. The van der Waals surface area contributed by atoms with Gasteiger partial charge in [0.2, 0.25) is 0 Å². The minimum atomic E-state index is 0.0170. The van der Waals surface area contributed by atoms with E-state index in [0.29, 0.717) is 5.76 Å². The van der Waals surface area contributed by atoms with Crippen LogP contribution in [0, 0.1) is 0 Å². The summed E-state index contributed by atoms with van der Waals surface area (Å²) >= 11 is 0. The number of amides is 1. The van der Waals surface area contributed by atoms with Crippen LogP contribution in [-0.2, 0) is 6.42 Å². The van der Waals surface area contributed by atoms with Crippen LogP contribution >= 0.6 is 0 Å². The van der Waals surface area contributed by atoms with Crippen LogP contribution in [0.4, 0.5) is 0 Å². The molecule has 0 fully saturated rings. The number of nitrogens with zero attached hydrogens (tertiary/aromatic N) is 1. The lowest BCUT2D eigenvalue weighted by Crippen LogP contribution is -2.32. The maximum absolute atomic E-state index is 12.1. The van der Waals surface area contributed by atoms with Crippen molar-refractivity contribution >= 4 is 5.91 Å². The lowest BCUT2D eigenvalue weighted by atomic mass is 10.3. The Kier molecular flexibility index (Phi) is 5.09. The summed E-state index contributed by atoms with van der Waals surface area (Å²) in [7, 11) is 0. The van der Waals surface area contributed by atoms with E-state index in [9.17, 15) is 4.79 Å². The number of furan rings is 1. The Morgan fingerprint density at radius 2 is 1.81 bits per heavy atom. The summed E-state index contributed by atoms with van der Waals surface area (Å²) < 4.78 is 5.48. The summed E-state index contributed by atoms with van der Waals surface area (Å²) in [6.45, 7) is 7.78. The van der Waals surface area contributed by atoms with Crippen molar-refractivity contribution in [2.75, 3.05) is 13.1 Å². The van der Waals surface area contributed by atoms with Gasteiger partial charge in [0.25, 0.3) is 5.91 Å². The highest BCUT2D eigenvalue weighted by Crippen LogP contribution is 2.12. The predicted molar refractivity (Wildman–Crippen MR) is 64.6 cm³/mol. The molecule has 0 radical (unpaired) electrons. The molecule has 0 saturated heterocycles. The number of aryl methyl sites for hydroxylation is 1. The van der Waals surface area contributed by atoms with Gasteiger partial charge in [0, 0.05) is 19.5 Å². The molecule has 3 nitrogen and oxygen atoms in total. The van der Waals surface area contributed by atoms with Gasteiger partial charge >= 0.3 is 0 Å². The third-order valence-corrected chi connectivity index (χ3v) is 2.50. The van der Waals surface area contributed by atoms with E-state index in [1.54, 1.807) is 6.07 Å². The second kappa shape index (κ2) is 6.36. The van der Waals surface area contributed by atoms with E-state index in [4.69, 9.17) is 4.42 Å². The molecular weight excluding hydrogens is 202 g/mol. The third kappa shape index (κ3) is 3.12. The van der Waals surface area contributed by atoms with Gasteiger partial charge in [-0.15, -0.1) is 0 Å². The molecule has 1 aromatic heterocycles. The van der Waals surface area contributed by atoms with E-state index in [1.165, 1.54) is 0 Å². The zero-order valence-corrected chi connectivity index (χ0v) is 10.5. The van der Waals surface area contributed by atoms with E-state index >= 15 is 0 Å².